The van der Waals surface area contributed by atoms with E-state index in [4.69, 9.17) is 21.1 Å². The Balaban J connectivity index is 2.74. The van der Waals surface area contributed by atoms with Crippen LogP contribution in [0.25, 0.3) is 0 Å². The molecule has 0 bridgehead atoms. The van der Waals surface area contributed by atoms with Crippen LogP contribution in [0.4, 0.5) is 0 Å². The Hall–Kier alpha value is -2.67. The van der Waals surface area contributed by atoms with Crippen molar-refractivity contribution in [3.05, 3.63) is 57.8 Å². The van der Waals surface area contributed by atoms with Crippen LogP contribution >= 0.6 is 11.6 Å². The summed E-state index contributed by atoms with van der Waals surface area (Å²) in [7, 11) is 1.31. The Morgan fingerprint density at radius 3 is 1.92 bits per heavy atom. The summed E-state index contributed by atoms with van der Waals surface area (Å²) in [6.45, 7) is 3.37. The number of rotatable bonds is 5. The van der Waals surface area contributed by atoms with Crippen molar-refractivity contribution >= 4 is 23.5 Å². The molecule has 1 aromatic carbocycles. The van der Waals surface area contributed by atoms with E-state index in [0.717, 1.165) is 4.90 Å². The maximum absolute atomic E-state index is 12.5. The van der Waals surface area contributed by atoms with Crippen LogP contribution in [-0.2, 0) is 19.1 Å². The molecule has 0 atom stereocenters. The van der Waals surface area contributed by atoms with Gasteiger partial charge in [0.2, 0.25) is 11.8 Å². The molecule has 0 amide bonds. The number of carbonyl (C=O) groups is 2. The van der Waals surface area contributed by atoms with Crippen LogP contribution in [-0.4, -0.2) is 47.3 Å². The van der Waals surface area contributed by atoms with Gasteiger partial charge in [0.05, 0.1) is 19.1 Å². The third-order valence-electron chi connectivity index (χ3n) is 3.90. The van der Waals surface area contributed by atoms with Crippen molar-refractivity contribution in [2.75, 3.05) is 20.3 Å². The van der Waals surface area contributed by atoms with E-state index in [1.165, 1.54) is 7.05 Å². The quantitative estimate of drug-likeness (QED) is 0.756. The van der Waals surface area contributed by atoms with Crippen molar-refractivity contribution in [3.63, 3.8) is 0 Å². The van der Waals surface area contributed by atoms with Crippen LogP contribution in [0.15, 0.2) is 47.2 Å². The molecule has 1 aliphatic heterocycles. The molecule has 26 heavy (non-hydrogen) atoms. The fourth-order valence-corrected chi connectivity index (χ4v) is 2.97. The lowest BCUT2D eigenvalue weighted by molar-refractivity contribution is -0.140. The highest BCUT2D eigenvalue weighted by atomic mass is 35.5. The van der Waals surface area contributed by atoms with E-state index in [1.54, 1.807) is 38.1 Å². The number of halogens is 1. The molecule has 1 heterocycles. The van der Waals surface area contributed by atoms with Crippen LogP contribution in [0.2, 0.25) is 5.02 Å². The monoisotopic (exact) mass is 381 g/mol. The minimum absolute atomic E-state index is 0.0685. The van der Waals surface area contributed by atoms with Crippen LogP contribution in [0.5, 0.6) is 0 Å². The maximum atomic E-state index is 12.5. The number of carbonyl (C=O) groups excluding carboxylic acids is 2. The molecule has 1 aromatic rings. The largest absolute Gasteiger partial charge is 0.494 e. The number of esters is 2. The van der Waals surface area contributed by atoms with Gasteiger partial charge in [-0.25, -0.2) is 9.59 Å². The molecule has 0 saturated carbocycles. The average molecular weight is 382 g/mol. The molecule has 0 radical (unpaired) electrons. The number of aliphatic hydroxyl groups excluding tert-OH is 2. The van der Waals surface area contributed by atoms with Crippen LogP contribution < -0.4 is 0 Å². The SMILES string of the molecule is CCOC(=O)C1=C(O)N(C)C(O)=C(C(=O)OCC)C1c1ccccc1Cl. The molecule has 0 saturated heterocycles. The number of nitrogens with zero attached hydrogens (tertiary/aromatic N) is 1. The van der Waals surface area contributed by atoms with Gasteiger partial charge in [0.15, 0.2) is 0 Å². The molecular formula is C18H20ClNO6. The molecule has 2 N–H and O–H groups in total. The van der Waals surface area contributed by atoms with Gasteiger partial charge < -0.3 is 19.7 Å². The molecule has 0 aromatic heterocycles. The van der Waals surface area contributed by atoms with E-state index >= 15 is 0 Å². The van der Waals surface area contributed by atoms with Crippen molar-refractivity contribution in [1.29, 1.82) is 0 Å². The van der Waals surface area contributed by atoms with Crippen molar-refractivity contribution in [3.8, 4) is 0 Å². The van der Waals surface area contributed by atoms with Crippen LogP contribution in [0, 0.1) is 0 Å². The second-order valence-corrected chi connectivity index (χ2v) is 5.84. The van der Waals surface area contributed by atoms with Gasteiger partial charge >= 0.3 is 11.9 Å². The van der Waals surface area contributed by atoms with Gasteiger partial charge in [-0.3, -0.25) is 4.90 Å². The highest BCUT2D eigenvalue weighted by Gasteiger charge is 2.43. The highest BCUT2D eigenvalue weighted by molar-refractivity contribution is 6.31. The first kappa shape index (κ1) is 19.7. The number of hydrogen-bond donors (Lipinski definition) is 2. The summed E-state index contributed by atoms with van der Waals surface area (Å²) < 4.78 is 10.1. The van der Waals surface area contributed by atoms with Gasteiger partial charge in [-0.15, -0.1) is 0 Å². The normalized spacial score (nSPS) is 15.3. The zero-order chi connectivity index (χ0) is 19.4. The highest BCUT2D eigenvalue weighted by Crippen LogP contribution is 2.43. The van der Waals surface area contributed by atoms with E-state index in [1.807, 2.05) is 0 Å². The van der Waals surface area contributed by atoms with E-state index in [-0.39, 0.29) is 29.4 Å². The summed E-state index contributed by atoms with van der Waals surface area (Å²) in [4.78, 5) is 26.0. The standard InChI is InChI=1S/C18H20ClNO6/c1-4-25-17(23)13-12(10-8-6-7-9-11(10)19)14(18(24)26-5-2)16(22)20(3)15(13)21/h6-9,12,21-22H,4-5H2,1-3H3. The van der Waals surface area contributed by atoms with Gasteiger partial charge in [-0.1, -0.05) is 29.8 Å². The summed E-state index contributed by atoms with van der Waals surface area (Å²) in [6.07, 6.45) is 0. The summed E-state index contributed by atoms with van der Waals surface area (Å²) >= 11 is 6.26. The van der Waals surface area contributed by atoms with Crippen LogP contribution in [0.3, 0.4) is 0 Å². The fourth-order valence-electron chi connectivity index (χ4n) is 2.72. The second kappa shape index (κ2) is 8.14. The molecule has 7 nitrogen and oxygen atoms in total. The molecule has 2 rings (SSSR count). The smallest absolute Gasteiger partial charge is 0.340 e. The Labute approximate surface area is 156 Å². The predicted molar refractivity (Wildman–Crippen MR) is 94.5 cm³/mol. The number of benzene rings is 1. The lowest BCUT2D eigenvalue weighted by atomic mass is 9.82. The first-order chi connectivity index (χ1) is 12.3. The topological polar surface area (TPSA) is 96.3 Å². The Morgan fingerprint density at radius 1 is 1.04 bits per heavy atom. The lowest BCUT2D eigenvalue weighted by Gasteiger charge is -2.32. The Morgan fingerprint density at radius 2 is 1.50 bits per heavy atom. The van der Waals surface area contributed by atoms with Gasteiger partial charge in [0.25, 0.3) is 0 Å². The Bertz CT molecular complexity index is 744. The molecule has 8 heteroatoms. The Kier molecular flexibility index (Phi) is 6.15. The number of hydrogen-bond acceptors (Lipinski definition) is 7. The van der Waals surface area contributed by atoms with Crippen molar-refractivity contribution in [1.82, 2.24) is 4.90 Å². The molecule has 0 fully saturated rings. The zero-order valence-electron chi connectivity index (χ0n) is 14.7. The van der Waals surface area contributed by atoms with Crippen molar-refractivity contribution < 1.29 is 29.3 Å². The van der Waals surface area contributed by atoms with E-state index < -0.39 is 29.6 Å². The summed E-state index contributed by atoms with van der Waals surface area (Å²) in [5.74, 6) is -3.84. The molecule has 0 unspecified atom stereocenters. The lowest BCUT2D eigenvalue weighted by Crippen LogP contribution is -2.35. The van der Waals surface area contributed by atoms with Gasteiger partial charge in [-0.05, 0) is 25.5 Å². The van der Waals surface area contributed by atoms with Gasteiger partial charge in [-0.2, -0.15) is 0 Å². The first-order valence-corrected chi connectivity index (χ1v) is 8.41. The third-order valence-corrected chi connectivity index (χ3v) is 4.25. The number of aliphatic hydroxyl groups is 2. The van der Waals surface area contributed by atoms with E-state index in [2.05, 4.69) is 0 Å². The van der Waals surface area contributed by atoms with Gasteiger partial charge in [0.1, 0.15) is 11.1 Å². The van der Waals surface area contributed by atoms with E-state index in [0.29, 0.717) is 5.56 Å². The molecular weight excluding hydrogens is 362 g/mol. The minimum Gasteiger partial charge on any atom is -0.494 e. The molecule has 0 aliphatic carbocycles. The fraction of sp³-hybridized carbons (Fsp3) is 0.333. The average Bonchev–Trinajstić information content (AvgIpc) is 2.60. The minimum atomic E-state index is -1.14. The predicted octanol–water partition coefficient (Wildman–Crippen LogP) is 3.03. The zero-order valence-corrected chi connectivity index (χ0v) is 15.4. The van der Waals surface area contributed by atoms with Crippen LogP contribution in [0.1, 0.15) is 25.3 Å². The summed E-state index contributed by atoms with van der Waals surface area (Å²) in [5, 5.41) is 21.2. The second-order valence-electron chi connectivity index (χ2n) is 5.43. The summed E-state index contributed by atoms with van der Waals surface area (Å²) in [5.41, 5.74) is -0.0573. The van der Waals surface area contributed by atoms with E-state index in [9.17, 15) is 19.8 Å². The van der Waals surface area contributed by atoms with Gasteiger partial charge in [0, 0.05) is 12.1 Å². The summed E-state index contributed by atoms with van der Waals surface area (Å²) in [6, 6.07) is 6.52. The molecule has 1 aliphatic rings. The van der Waals surface area contributed by atoms with Crippen molar-refractivity contribution in [2.24, 2.45) is 0 Å². The molecule has 0 spiro atoms. The number of ether oxygens (including phenoxy) is 2. The molecule has 140 valence electrons. The third kappa shape index (κ3) is 3.48. The maximum Gasteiger partial charge on any atom is 0.340 e. The first-order valence-electron chi connectivity index (χ1n) is 8.03. The van der Waals surface area contributed by atoms with Crippen molar-refractivity contribution in [2.45, 2.75) is 19.8 Å².